The molecule has 0 radical (unpaired) electrons. The van der Waals surface area contributed by atoms with Crippen molar-refractivity contribution < 1.29 is 4.79 Å². The summed E-state index contributed by atoms with van der Waals surface area (Å²) in [5.74, 6) is -0.182. The molecule has 3 rings (SSSR count). The first-order valence-electron chi connectivity index (χ1n) is 7.33. The highest BCUT2D eigenvalue weighted by atomic mass is 16.2. The molecule has 0 spiro atoms. The minimum Gasteiger partial charge on any atom is -0.351 e. The molecular formula is C16H18N4O2. The van der Waals surface area contributed by atoms with Gasteiger partial charge in [0.05, 0.1) is 17.2 Å². The second-order valence-corrected chi connectivity index (χ2v) is 5.29. The molecule has 1 aliphatic heterocycles. The molecule has 1 aromatic heterocycles. The van der Waals surface area contributed by atoms with Crippen LogP contribution in [-0.2, 0) is 11.3 Å². The number of para-hydroxylation sites is 1. The zero-order valence-electron chi connectivity index (χ0n) is 12.2. The van der Waals surface area contributed by atoms with Crippen LogP contribution in [0.3, 0.4) is 0 Å². The Morgan fingerprint density at radius 3 is 3.05 bits per heavy atom. The SMILES string of the molecule is O=C(Cn1cnc2ccccc2c1=O)NCC1=CCNCC1. The summed E-state index contributed by atoms with van der Waals surface area (Å²) in [4.78, 5) is 28.5. The fourth-order valence-electron chi connectivity index (χ4n) is 2.47. The summed E-state index contributed by atoms with van der Waals surface area (Å²) in [7, 11) is 0. The number of amides is 1. The third-order valence-electron chi connectivity index (χ3n) is 3.72. The minimum atomic E-state index is -0.193. The molecule has 0 aliphatic carbocycles. The second kappa shape index (κ2) is 6.53. The second-order valence-electron chi connectivity index (χ2n) is 5.29. The van der Waals surface area contributed by atoms with Crippen LogP contribution < -0.4 is 16.2 Å². The van der Waals surface area contributed by atoms with E-state index in [-0.39, 0.29) is 18.0 Å². The highest BCUT2D eigenvalue weighted by molar-refractivity contribution is 5.78. The lowest BCUT2D eigenvalue weighted by Gasteiger charge is -2.14. The number of fused-ring (bicyclic) bond motifs is 1. The lowest BCUT2D eigenvalue weighted by atomic mass is 10.1. The quantitative estimate of drug-likeness (QED) is 0.803. The van der Waals surface area contributed by atoms with Crippen LogP contribution in [0.25, 0.3) is 10.9 Å². The van der Waals surface area contributed by atoms with Crippen molar-refractivity contribution in [2.75, 3.05) is 19.6 Å². The number of nitrogens with zero attached hydrogens (tertiary/aromatic N) is 2. The van der Waals surface area contributed by atoms with Gasteiger partial charge in [-0.1, -0.05) is 23.8 Å². The van der Waals surface area contributed by atoms with Gasteiger partial charge < -0.3 is 10.6 Å². The first-order valence-corrected chi connectivity index (χ1v) is 7.33. The Bertz CT molecular complexity index is 779. The molecule has 0 saturated carbocycles. The van der Waals surface area contributed by atoms with Crippen LogP contribution in [0.15, 0.2) is 47.0 Å². The molecule has 1 aliphatic rings. The third kappa shape index (κ3) is 3.23. The largest absolute Gasteiger partial charge is 0.351 e. The summed E-state index contributed by atoms with van der Waals surface area (Å²) in [6.45, 7) is 2.31. The molecule has 2 aromatic rings. The number of benzene rings is 1. The molecule has 0 saturated heterocycles. The Labute approximate surface area is 127 Å². The predicted octanol–water partition coefficient (Wildman–Crippen LogP) is 0.432. The lowest BCUT2D eigenvalue weighted by Crippen LogP contribution is -2.34. The number of hydrogen-bond donors (Lipinski definition) is 2. The van der Waals surface area contributed by atoms with E-state index in [9.17, 15) is 9.59 Å². The number of hydrogen-bond acceptors (Lipinski definition) is 4. The van der Waals surface area contributed by atoms with Gasteiger partial charge in [-0.05, 0) is 25.1 Å². The maximum absolute atomic E-state index is 12.3. The Morgan fingerprint density at radius 1 is 1.36 bits per heavy atom. The van der Waals surface area contributed by atoms with Crippen LogP contribution in [0.1, 0.15) is 6.42 Å². The van der Waals surface area contributed by atoms with Crippen LogP contribution in [0.5, 0.6) is 0 Å². The summed E-state index contributed by atoms with van der Waals surface area (Å²) in [5, 5.41) is 6.60. The number of carbonyl (C=O) groups excluding carboxylic acids is 1. The lowest BCUT2D eigenvalue weighted by molar-refractivity contribution is -0.121. The Kier molecular flexibility index (Phi) is 4.29. The standard InChI is InChI=1S/C16H18N4O2/c21-15(18-9-12-5-7-17-8-6-12)10-20-11-19-14-4-2-1-3-13(14)16(20)22/h1-5,11,17H,6-10H2,(H,18,21). The van der Waals surface area contributed by atoms with E-state index in [0.717, 1.165) is 19.5 Å². The summed E-state index contributed by atoms with van der Waals surface area (Å²) >= 11 is 0. The van der Waals surface area contributed by atoms with Gasteiger partial charge in [-0.25, -0.2) is 4.98 Å². The normalized spacial score (nSPS) is 14.6. The third-order valence-corrected chi connectivity index (χ3v) is 3.72. The van der Waals surface area contributed by atoms with Crippen LogP contribution in [0.2, 0.25) is 0 Å². The monoisotopic (exact) mass is 298 g/mol. The van der Waals surface area contributed by atoms with Crippen LogP contribution in [-0.4, -0.2) is 35.1 Å². The molecule has 1 amide bonds. The summed E-state index contributed by atoms with van der Waals surface area (Å²) in [5.41, 5.74) is 1.67. The maximum atomic E-state index is 12.3. The van der Waals surface area contributed by atoms with Crippen molar-refractivity contribution in [3.8, 4) is 0 Å². The fraction of sp³-hybridized carbons (Fsp3) is 0.312. The maximum Gasteiger partial charge on any atom is 0.261 e. The average Bonchev–Trinajstić information content (AvgIpc) is 2.57. The topological polar surface area (TPSA) is 76.0 Å². The summed E-state index contributed by atoms with van der Waals surface area (Å²) in [6, 6.07) is 7.13. The van der Waals surface area contributed by atoms with Crippen molar-refractivity contribution in [2.45, 2.75) is 13.0 Å². The van der Waals surface area contributed by atoms with E-state index < -0.39 is 0 Å². The molecule has 0 bridgehead atoms. The van der Waals surface area contributed by atoms with Crippen molar-refractivity contribution in [1.82, 2.24) is 20.2 Å². The average molecular weight is 298 g/mol. The van der Waals surface area contributed by atoms with Crippen LogP contribution in [0.4, 0.5) is 0 Å². The molecule has 2 heterocycles. The first-order chi connectivity index (χ1) is 10.7. The van der Waals surface area contributed by atoms with Gasteiger partial charge in [0.2, 0.25) is 5.91 Å². The van der Waals surface area contributed by atoms with Gasteiger partial charge in [0.15, 0.2) is 0 Å². The highest BCUT2D eigenvalue weighted by Crippen LogP contribution is 2.05. The van der Waals surface area contributed by atoms with Crippen molar-refractivity contribution in [2.24, 2.45) is 0 Å². The summed E-state index contributed by atoms with van der Waals surface area (Å²) < 4.78 is 1.34. The fourth-order valence-corrected chi connectivity index (χ4v) is 2.47. The van der Waals surface area contributed by atoms with Gasteiger partial charge in [-0.3, -0.25) is 14.2 Å². The van der Waals surface area contributed by atoms with E-state index in [0.29, 0.717) is 17.4 Å². The molecule has 22 heavy (non-hydrogen) atoms. The molecule has 6 nitrogen and oxygen atoms in total. The van der Waals surface area contributed by atoms with E-state index in [1.807, 2.05) is 6.07 Å². The van der Waals surface area contributed by atoms with Gasteiger partial charge in [-0.15, -0.1) is 0 Å². The number of carbonyl (C=O) groups is 1. The molecule has 1 aromatic carbocycles. The molecule has 0 unspecified atom stereocenters. The molecule has 0 atom stereocenters. The van der Waals surface area contributed by atoms with E-state index in [2.05, 4.69) is 21.7 Å². The van der Waals surface area contributed by atoms with Gasteiger partial charge >= 0.3 is 0 Å². The molecule has 0 fully saturated rings. The van der Waals surface area contributed by atoms with E-state index in [4.69, 9.17) is 0 Å². The summed E-state index contributed by atoms with van der Waals surface area (Å²) in [6.07, 6.45) is 4.46. The van der Waals surface area contributed by atoms with E-state index in [1.54, 1.807) is 18.2 Å². The smallest absolute Gasteiger partial charge is 0.261 e. The molecule has 2 N–H and O–H groups in total. The van der Waals surface area contributed by atoms with Crippen LogP contribution >= 0.6 is 0 Å². The zero-order valence-corrected chi connectivity index (χ0v) is 12.2. The van der Waals surface area contributed by atoms with Crippen molar-refractivity contribution in [3.63, 3.8) is 0 Å². The van der Waals surface area contributed by atoms with Crippen molar-refractivity contribution in [1.29, 1.82) is 0 Å². The van der Waals surface area contributed by atoms with Gasteiger partial charge in [0, 0.05) is 13.1 Å². The molecule has 114 valence electrons. The van der Waals surface area contributed by atoms with Crippen LogP contribution in [0, 0.1) is 0 Å². The predicted molar refractivity (Wildman–Crippen MR) is 84.6 cm³/mol. The Balaban J connectivity index is 1.67. The first kappa shape index (κ1) is 14.5. The Hall–Kier alpha value is -2.47. The molecular weight excluding hydrogens is 280 g/mol. The van der Waals surface area contributed by atoms with Gasteiger partial charge in [0.1, 0.15) is 6.54 Å². The zero-order chi connectivity index (χ0) is 15.4. The van der Waals surface area contributed by atoms with E-state index in [1.165, 1.54) is 16.5 Å². The number of rotatable bonds is 4. The highest BCUT2D eigenvalue weighted by Gasteiger charge is 2.09. The number of nitrogens with one attached hydrogen (secondary N) is 2. The van der Waals surface area contributed by atoms with Gasteiger partial charge in [0.25, 0.3) is 5.56 Å². The van der Waals surface area contributed by atoms with E-state index >= 15 is 0 Å². The molecule has 6 heteroatoms. The van der Waals surface area contributed by atoms with Crippen molar-refractivity contribution >= 4 is 16.8 Å². The van der Waals surface area contributed by atoms with Crippen molar-refractivity contribution in [3.05, 3.63) is 52.6 Å². The van der Waals surface area contributed by atoms with Gasteiger partial charge in [-0.2, -0.15) is 0 Å². The Morgan fingerprint density at radius 2 is 2.23 bits per heavy atom. The number of aromatic nitrogens is 2. The minimum absolute atomic E-state index is 0.0117.